The van der Waals surface area contributed by atoms with Gasteiger partial charge in [-0.15, -0.1) is 0 Å². The zero-order valence-electron chi connectivity index (χ0n) is 15.2. The van der Waals surface area contributed by atoms with Gasteiger partial charge in [-0.1, -0.05) is 67.8 Å². The maximum absolute atomic E-state index is 13.0. The number of pyridine rings is 1. The standard InChI is InChI=1S/C23H24N2O/c1-16-15-21(23(26)25-18-11-6-3-7-12-18)20-14-8-13-19(22(20)24-16)17-9-4-2-5-10-17/h2,4-5,8-10,13-15,18H,3,6-7,11-12H2,1H3,(H,25,26). The molecule has 1 N–H and O–H groups in total. The summed E-state index contributed by atoms with van der Waals surface area (Å²) in [6.07, 6.45) is 5.87. The van der Waals surface area contributed by atoms with Crippen LogP contribution < -0.4 is 5.32 Å². The number of para-hydroxylation sites is 1. The molecule has 3 nitrogen and oxygen atoms in total. The van der Waals surface area contributed by atoms with Gasteiger partial charge in [-0.3, -0.25) is 9.78 Å². The predicted molar refractivity (Wildman–Crippen MR) is 106 cm³/mol. The summed E-state index contributed by atoms with van der Waals surface area (Å²) in [5, 5.41) is 4.17. The van der Waals surface area contributed by atoms with Crippen LogP contribution in [0.2, 0.25) is 0 Å². The number of nitrogens with zero attached hydrogens (tertiary/aromatic N) is 1. The lowest BCUT2D eigenvalue weighted by Gasteiger charge is -2.23. The van der Waals surface area contributed by atoms with Gasteiger partial charge in [0, 0.05) is 22.7 Å². The van der Waals surface area contributed by atoms with Crippen LogP contribution in [-0.2, 0) is 0 Å². The van der Waals surface area contributed by atoms with Gasteiger partial charge >= 0.3 is 0 Å². The lowest BCUT2D eigenvalue weighted by molar-refractivity contribution is 0.0929. The summed E-state index contributed by atoms with van der Waals surface area (Å²) >= 11 is 0. The van der Waals surface area contributed by atoms with Gasteiger partial charge in [-0.2, -0.15) is 0 Å². The molecular weight excluding hydrogens is 320 g/mol. The topological polar surface area (TPSA) is 42.0 Å². The molecule has 0 saturated heterocycles. The average Bonchev–Trinajstić information content (AvgIpc) is 2.68. The normalized spacial score (nSPS) is 15.1. The van der Waals surface area contributed by atoms with Crippen molar-refractivity contribution in [3.05, 3.63) is 65.9 Å². The number of amides is 1. The summed E-state index contributed by atoms with van der Waals surface area (Å²) < 4.78 is 0. The highest BCUT2D eigenvalue weighted by Gasteiger charge is 2.19. The summed E-state index contributed by atoms with van der Waals surface area (Å²) in [4.78, 5) is 17.7. The van der Waals surface area contributed by atoms with Crippen molar-refractivity contribution in [2.24, 2.45) is 0 Å². The fraction of sp³-hybridized carbons (Fsp3) is 0.304. The van der Waals surface area contributed by atoms with Crippen LogP contribution in [0.4, 0.5) is 0 Å². The van der Waals surface area contributed by atoms with E-state index in [2.05, 4.69) is 23.5 Å². The molecule has 1 amide bonds. The third kappa shape index (κ3) is 3.34. The molecule has 1 saturated carbocycles. The highest BCUT2D eigenvalue weighted by atomic mass is 16.1. The molecule has 1 aliphatic carbocycles. The largest absolute Gasteiger partial charge is 0.349 e. The van der Waals surface area contributed by atoms with E-state index in [1.54, 1.807) is 0 Å². The Hall–Kier alpha value is -2.68. The Labute approximate surface area is 154 Å². The van der Waals surface area contributed by atoms with E-state index < -0.39 is 0 Å². The Morgan fingerprint density at radius 2 is 1.77 bits per heavy atom. The zero-order valence-corrected chi connectivity index (χ0v) is 15.2. The Morgan fingerprint density at radius 1 is 1.00 bits per heavy atom. The number of hydrogen-bond acceptors (Lipinski definition) is 2. The van der Waals surface area contributed by atoms with E-state index in [1.807, 2.05) is 43.3 Å². The van der Waals surface area contributed by atoms with Crippen molar-refractivity contribution in [3.63, 3.8) is 0 Å². The average molecular weight is 344 g/mol. The highest BCUT2D eigenvalue weighted by Crippen LogP contribution is 2.30. The molecule has 1 heterocycles. The number of nitrogens with one attached hydrogen (secondary N) is 1. The van der Waals surface area contributed by atoms with E-state index in [1.165, 1.54) is 19.3 Å². The van der Waals surface area contributed by atoms with Gasteiger partial charge in [0.2, 0.25) is 0 Å². The second kappa shape index (κ2) is 7.28. The fourth-order valence-electron chi connectivity index (χ4n) is 3.93. The molecule has 2 aromatic carbocycles. The molecule has 0 radical (unpaired) electrons. The van der Waals surface area contributed by atoms with Gasteiger partial charge in [0.05, 0.1) is 11.1 Å². The first-order valence-electron chi connectivity index (χ1n) is 9.49. The van der Waals surface area contributed by atoms with Gasteiger partial charge in [0.25, 0.3) is 5.91 Å². The summed E-state index contributed by atoms with van der Waals surface area (Å²) in [5.41, 5.74) is 4.69. The lowest BCUT2D eigenvalue weighted by atomic mass is 9.94. The number of fused-ring (bicyclic) bond motifs is 1. The van der Waals surface area contributed by atoms with E-state index in [9.17, 15) is 4.79 Å². The first kappa shape index (κ1) is 16.8. The number of carbonyl (C=O) groups is 1. The monoisotopic (exact) mass is 344 g/mol. The second-order valence-corrected chi connectivity index (χ2v) is 7.19. The number of hydrogen-bond donors (Lipinski definition) is 1. The van der Waals surface area contributed by atoms with Crippen LogP contribution in [0.5, 0.6) is 0 Å². The lowest BCUT2D eigenvalue weighted by Crippen LogP contribution is -2.36. The molecule has 26 heavy (non-hydrogen) atoms. The smallest absolute Gasteiger partial charge is 0.252 e. The van der Waals surface area contributed by atoms with Crippen LogP contribution in [0.3, 0.4) is 0 Å². The Kier molecular flexibility index (Phi) is 4.70. The van der Waals surface area contributed by atoms with Gasteiger partial charge in [-0.05, 0) is 31.4 Å². The molecule has 3 heteroatoms. The second-order valence-electron chi connectivity index (χ2n) is 7.19. The number of carbonyl (C=O) groups excluding carboxylic acids is 1. The van der Waals surface area contributed by atoms with E-state index in [-0.39, 0.29) is 5.91 Å². The van der Waals surface area contributed by atoms with Gasteiger partial charge in [0.15, 0.2) is 0 Å². The SMILES string of the molecule is Cc1cc(C(=O)NC2CCCCC2)c2cccc(-c3ccccc3)c2n1. The van der Waals surface area contributed by atoms with Crippen molar-refractivity contribution in [3.8, 4) is 11.1 Å². The fourth-order valence-corrected chi connectivity index (χ4v) is 3.93. The van der Waals surface area contributed by atoms with Crippen molar-refractivity contribution in [2.45, 2.75) is 45.1 Å². The summed E-state index contributed by atoms with van der Waals surface area (Å²) in [5.74, 6) is 0.0256. The van der Waals surface area contributed by atoms with E-state index in [4.69, 9.17) is 4.98 Å². The maximum Gasteiger partial charge on any atom is 0.252 e. The molecule has 132 valence electrons. The first-order chi connectivity index (χ1) is 12.7. The molecule has 1 aliphatic rings. The van der Waals surface area contributed by atoms with E-state index in [0.29, 0.717) is 6.04 Å². The predicted octanol–water partition coefficient (Wildman–Crippen LogP) is 5.27. The minimum absolute atomic E-state index is 0.0256. The molecular formula is C23H24N2O. The van der Waals surface area contributed by atoms with Crippen LogP contribution in [0.15, 0.2) is 54.6 Å². The molecule has 4 rings (SSSR count). The zero-order chi connectivity index (χ0) is 17.9. The highest BCUT2D eigenvalue weighted by molar-refractivity contribution is 6.09. The van der Waals surface area contributed by atoms with Crippen molar-refractivity contribution < 1.29 is 4.79 Å². The summed E-state index contributed by atoms with van der Waals surface area (Å²) in [6, 6.07) is 18.5. The molecule has 0 spiro atoms. The molecule has 0 unspecified atom stereocenters. The van der Waals surface area contributed by atoms with Crippen LogP contribution >= 0.6 is 0 Å². The molecule has 0 aliphatic heterocycles. The van der Waals surface area contributed by atoms with Crippen molar-refractivity contribution in [1.82, 2.24) is 10.3 Å². The van der Waals surface area contributed by atoms with Gasteiger partial charge in [0.1, 0.15) is 0 Å². The minimum Gasteiger partial charge on any atom is -0.349 e. The summed E-state index contributed by atoms with van der Waals surface area (Å²) in [7, 11) is 0. The number of aryl methyl sites for hydroxylation is 1. The maximum atomic E-state index is 13.0. The minimum atomic E-state index is 0.0256. The molecule has 3 aromatic rings. The quantitative estimate of drug-likeness (QED) is 0.703. The Morgan fingerprint density at radius 3 is 2.54 bits per heavy atom. The number of rotatable bonds is 3. The Bertz CT molecular complexity index is 928. The third-order valence-electron chi connectivity index (χ3n) is 5.24. The van der Waals surface area contributed by atoms with E-state index in [0.717, 1.165) is 46.1 Å². The molecule has 1 aromatic heterocycles. The summed E-state index contributed by atoms with van der Waals surface area (Å²) in [6.45, 7) is 1.96. The van der Waals surface area contributed by atoms with Gasteiger partial charge in [-0.25, -0.2) is 0 Å². The van der Waals surface area contributed by atoms with Crippen LogP contribution in [0.1, 0.15) is 48.2 Å². The van der Waals surface area contributed by atoms with Gasteiger partial charge < -0.3 is 5.32 Å². The molecule has 1 fully saturated rings. The third-order valence-corrected chi connectivity index (χ3v) is 5.24. The van der Waals surface area contributed by atoms with Crippen molar-refractivity contribution in [2.75, 3.05) is 0 Å². The van der Waals surface area contributed by atoms with Crippen LogP contribution in [-0.4, -0.2) is 16.9 Å². The number of aromatic nitrogens is 1. The molecule has 0 atom stereocenters. The Balaban J connectivity index is 1.77. The van der Waals surface area contributed by atoms with Crippen LogP contribution in [0.25, 0.3) is 22.0 Å². The van der Waals surface area contributed by atoms with Crippen molar-refractivity contribution >= 4 is 16.8 Å². The van der Waals surface area contributed by atoms with Crippen LogP contribution in [0, 0.1) is 6.92 Å². The van der Waals surface area contributed by atoms with Crippen molar-refractivity contribution in [1.29, 1.82) is 0 Å². The molecule has 0 bridgehead atoms. The number of benzene rings is 2. The first-order valence-corrected chi connectivity index (χ1v) is 9.49. The van der Waals surface area contributed by atoms with E-state index >= 15 is 0 Å².